The van der Waals surface area contributed by atoms with Crippen LogP contribution < -0.4 is 37.6 Å². The topological polar surface area (TPSA) is 308 Å². The van der Waals surface area contributed by atoms with Gasteiger partial charge >= 0.3 is 11.9 Å². The average molecular weight is 872 g/mol. The number of aromatic nitrogens is 1. The molecule has 20 nitrogen and oxygen atoms in total. The van der Waals surface area contributed by atoms with Gasteiger partial charge in [-0.15, -0.1) is 0 Å². The van der Waals surface area contributed by atoms with Crippen molar-refractivity contribution in [2.75, 3.05) is 25.4 Å². The van der Waals surface area contributed by atoms with Gasteiger partial charge in [0.15, 0.2) is 0 Å². The molecule has 1 saturated heterocycles. The maximum absolute atomic E-state index is 13.7. The highest BCUT2D eigenvalue weighted by atomic mass is 32.1. The Morgan fingerprint density at radius 3 is 2.12 bits per heavy atom. The van der Waals surface area contributed by atoms with Gasteiger partial charge in [0.05, 0.1) is 25.2 Å². The summed E-state index contributed by atoms with van der Waals surface area (Å²) in [6.07, 6.45) is 3.48. The molecule has 5 atom stereocenters. The molecule has 0 aromatic carbocycles. The number of nitrogens with two attached hydrogens (primary N) is 1. The van der Waals surface area contributed by atoms with Crippen LogP contribution in [0.5, 0.6) is 0 Å². The summed E-state index contributed by atoms with van der Waals surface area (Å²) < 4.78 is 27.4. The molecular weight excluding hydrogens is 817 g/mol. The van der Waals surface area contributed by atoms with Gasteiger partial charge in [-0.25, -0.2) is 13.6 Å². The number of pyridine rings is 1. The Hall–Kier alpha value is -5.45. The Bertz CT molecular complexity index is 1710. The van der Waals surface area contributed by atoms with Gasteiger partial charge < -0.3 is 52.7 Å². The van der Waals surface area contributed by atoms with Crippen LogP contribution >= 0.6 is 12.6 Å². The summed E-state index contributed by atoms with van der Waals surface area (Å²) in [7, 11) is 0. The number of alkyl halides is 2. The predicted molar refractivity (Wildman–Crippen MR) is 212 cm³/mol. The van der Waals surface area contributed by atoms with Gasteiger partial charge in [0.25, 0.3) is 11.8 Å². The van der Waals surface area contributed by atoms with Gasteiger partial charge in [0.1, 0.15) is 24.2 Å². The van der Waals surface area contributed by atoms with Crippen molar-refractivity contribution in [3.05, 3.63) is 29.6 Å². The number of carbonyl (C=O) groups excluding carboxylic acids is 7. The molecule has 7 amide bonds. The van der Waals surface area contributed by atoms with Crippen molar-refractivity contribution in [3.8, 4) is 0 Å². The minimum absolute atomic E-state index is 0.0306. The molecule has 0 radical (unpaired) electrons. The number of hydrogen-bond donors (Lipinski definition) is 10. The molecule has 1 aromatic rings. The monoisotopic (exact) mass is 871 g/mol. The fourth-order valence-corrected chi connectivity index (χ4v) is 6.15. The first-order valence-corrected chi connectivity index (χ1v) is 20.0. The van der Waals surface area contributed by atoms with E-state index >= 15 is 0 Å². The second-order valence-corrected chi connectivity index (χ2v) is 14.8. The molecule has 1 fully saturated rings. The Morgan fingerprint density at radius 1 is 0.883 bits per heavy atom. The van der Waals surface area contributed by atoms with Crippen molar-refractivity contribution in [2.45, 2.75) is 121 Å². The fraction of sp³-hybridized carbons (Fsp3) is 0.622. The molecule has 2 rings (SSSR count). The molecule has 334 valence electrons. The molecule has 10 N–H and O–H groups in total. The molecule has 0 aliphatic carbocycles. The molecule has 0 spiro atoms. The standard InChI is InChI=1S/C37H55F2N9O11S/c1-21-16-37(38,39)20-48(21)35(57)22(2)45-32(54)23-11-13-41-24(14-23)17-43-30(51)10-9-29(50)42-12-7-5-3-4-6-8-28(49)44-18-25(40)33(55)46-26(15-31(52)53)34(56)47-27(19-60)36(58)59/h11,13-14,21-22,25-27,60H,3-10,12,15-20,40H2,1-2H3,(H,42,50)(H,43,51)(H,44,49)(H,45,54)(H,46,55)(H,47,56)(H,52,53)(H,58,59)/t21-,22-,25?,26?,27?/m1/s1. The number of amides is 7. The zero-order chi connectivity index (χ0) is 45.0. The number of nitrogens with zero attached hydrogens (tertiary/aromatic N) is 2. The first-order chi connectivity index (χ1) is 28.2. The van der Waals surface area contributed by atoms with Crippen LogP contribution in [0.4, 0.5) is 8.78 Å². The minimum atomic E-state index is -2.98. The Labute approximate surface area is 350 Å². The van der Waals surface area contributed by atoms with E-state index in [1.165, 1.54) is 32.2 Å². The number of carboxylic acid groups (broad SMARTS) is 2. The highest BCUT2D eigenvalue weighted by molar-refractivity contribution is 7.80. The Kier molecular flexibility index (Phi) is 21.3. The molecule has 0 saturated carbocycles. The van der Waals surface area contributed by atoms with Crippen LogP contribution in [0.25, 0.3) is 0 Å². The van der Waals surface area contributed by atoms with E-state index in [9.17, 15) is 51.9 Å². The highest BCUT2D eigenvalue weighted by Gasteiger charge is 2.46. The van der Waals surface area contributed by atoms with Crippen LogP contribution in [0, 0.1) is 0 Å². The lowest BCUT2D eigenvalue weighted by molar-refractivity contribution is -0.143. The predicted octanol–water partition coefficient (Wildman–Crippen LogP) is -0.789. The number of rotatable bonds is 26. The molecule has 1 aromatic heterocycles. The van der Waals surface area contributed by atoms with Crippen LogP contribution in [0.1, 0.15) is 94.1 Å². The van der Waals surface area contributed by atoms with Gasteiger partial charge in [-0.2, -0.15) is 12.6 Å². The first kappa shape index (κ1) is 50.7. The maximum atomic E-state index is 13.7. The smallest absolute Gasteiger partial charge is 0.327 e. The fourth-order valence-electron chi connectivity index (χ4n) is 5.90. The lowest BCUT2D eigenvalue weighted by Crippen LogP contribution is -2.57. The number of aliphatic carboxylic acids is 2. The van der Waals surface area contributed by atoms with E-state index < -0.39 is 97.0 Å². The van der Waals surface area contributed by atoms with E-state index in [1.54, 1.807) is 0 Å². The number of thiol groups is 1. The molecular formula is C37H55F2N9O11S. The third-order valence-electron chi connectivity index (χ3n) is 9.22. The largest absolute Gasteiger partial charge is 0.481 e. The zero-order valence-electron chi connectivity index (χ0n) is 33.5. The average Bonchev–Trinajstić information content (AvgIpc) is 3.48. The van der Waals surface area contributed by atoms with E-state index in [-0.39, 0.29) is 55.5 Å². The number of unbranched alkanes of at least 4 members (excludes halogenated alkanes) is 4. The summed E-state index contributed by atoms with van der Waals surface area (Å²) >= 11 is 3.81. The second kappa shape index (κ2) is 25.2. The first-order valence-electron chi connectivity index (χ1n) is 19.4. The molecule has 60 heavy (non-hydrogen) atoms. The normalized spacial score (nSPS) is 16.3. The van der Waals surface area contributed by atoms with Crippen molar-refractivity contribution in [1.29, 1.82) is 0 Å². The third kappa shape index (κ3) is 18.6. The number of halogens is 2. The summed E-state index contributed by atoms with van der Waals surface area (Å²) in [5, 5.41) is 32.8. The Morgan fingerprint density at radius 2 is 1.50 bits per heavy atom. The lowest BCUT2D eigenvalue weighted by atomic mass is 10.1. The van der Waals surface area contributed by atoms with Gasteiger partial charge in [0, 0.05) is 62.3 Å². The van der Waals surface area contributed by atoms with Gasteiger partial charge in [-0.3, -0.25) is 43.3 Å². The van der Waals surface area contributed by atoms with Gasteiger partial charge in [-0.05, 0) is 38.8 Å². The van der Waals surface area contributed by atoms with Crippen molar-refractivity contribution in [1.82, 2.24) is 41.8 Å². The van der Waals surface area contributed by atoms with E-state index in [0.29, 0.717) is 31.5 Å². The van der Waals surface area contributed by atoms with Crippen LogP contribution in [-0.2, 0) is 44.9 Å². The van der Waals surface area contributed by atoms with Crippen LogP contribution in [0.15, 0.2) is 18.3 Å². The molecule has 3 unspecified atom stereocenters. The molecule has 2 heterocycles. The molecule has 0 bridgehead atoms. The zero-order valence-corrected chi connectivity index (χ0v) is 34.4. The number of hydrogen-bond acceptors (Lipinski definition) is 12. The van der Waals surface area contributed by atoms with Crippen LogP contribution in [0.3, 0.4) is 0 Å². The number of carboxylic acids is 2. The third-order valence-corrected chi connectivity index (χ3v) is 9.59. The SMILES string of the molecule is C[C@@H]1CC(F)(F)CN1C(=O)[C@@H](C)NC(=O)c1ccnc(CNC(=O)CCC(=O)NCCCCCCCC(=O)NCC(N)C(=O)NC(CC(=O)O)C(=O)NC(CS)C(=O)O)c1. The van der Waals surface area contributed by atoms with E-state index in [1.807, 2.05) is 0 Å². The lowest BCUT2D eigenvalue weighted by Gasteiger charge is -2.25. The molecule has 23 heteroatoms. The summed E-state index contributed by atoms with van der Waals surface area (Å²) in [5.41, 5.74) is 6.29. The summed E-state index contributed by atoms with van der Waals surface area (Å²) in [5.74, 6) is -10.4. The van der Waals surface area contributed by atoms with Crippen LogP contribution in [-0.4, -0.2) is 135 Å². The number of carbonyl (C=O) groups is 9. The number of nitrogens with one attached hydrogen (secondary N) is 6. The quantitative estimate of drug-likeness (QED) is 0.0404. The van der Waals surface area contributed by atoms with Crippen molar-refractivity contribution in [2.24, 2.45) is 5.73 Å². The van der Waals surface area contributed by atoms with Crippen molar-refractivity contribution < 1.29 is 62.1 Å². The summed E-state index contributed by atoms with van der Waals surface area (Å²) in [6, 6.07) is -3.23. The van der Waals surface area contributed by atoms with Crippen molar-refractivity contribution in [3.63, 3.8) is 0 Å². The highest BCUT2D eigenvalue weighted by Crippen LogP contribution is 2.32. The van der Waals surface area contributed by atoms with E-state index in [0.717, 1.165) is 17.7 Å². The van der Waals surface area contributed by atoms with E-state index in [4.69, 9.17) is 15.9 Å². The summed E-state index contributed by atoms with van der Waals surface area (Å²) in [4.78, 5) is 115. The number of likely N-dealkylation sites (tertiary alicyclic amines) is 1. The maximum Gasteiger partial charge on any atom is 0.327 e. The minimum Gasteiger partial charge on any atom is -0.481 e. The van der Waals surface area contributed by atoms with Crippen molar-refractivity contribution >= 4 is 65.9 Å². The van der Waals surface area contributed by atoms with Gasteiger partial charge in [0.2, 0.25) is 35.4 Å². The molecule has 1 aliphatic rings. The van der Waals surface area contributed by atoms with Crippen LogP contribution in [0.2, 0.25) is 0 Å². The summed E-state index contributed by atoms with van der Waals surface area (Å²) in [6.45, 7) is 2.29. The second-order valence-electron chi connectivity index (χ2n) is 14.4. The molecule has 1 aliphatic heterocycles. The van der Waals surface area contributed by atoms with E-state index in [2.05, 4.69) is 49.5 Å². The van der Waals surface area contributed by atoms with Gasteiger partial charge in [-0.1, -0.05) is 19.3 Å². The Balaban J connectivity index is 1.57.